The van der Waals surface area contributed by atoms with Crippen LogP contribution < -0.4 is 0 Å². The highest BCUT2D eigenvalue weighted by Gasteiger charge is 2.20. The molecule has 0 bridgehead atoms. The number of aromatic nitrogens is 2. The first-order valence-corrected chi connectivity index (χ1v) is 8.17. The second kappa shape index (κ2) is 6.89. The van der Waals surface area contributed by atoms with Gasteiger partial charge in [0.15, 0.2) is 0 Å². The number of hydrogen-bond acceptors (Lipinski definition) is 4. The number of nitrogens with zero attached hydrogens (tertiary/aromatic N) is 2. The lowest BCUT2D eigenvalue weighted by molar-refractivity contribution is -0.140. The van der Waals surface area contributed by atoms with E-state index in [1.165, 1.54) is 11.8 Å². The van der Waals surface area contributed by atoms with E-state index in [-0.39, 0.29) is 18.3 Å². The third-order valence-electron chi connectivity index (χ3n) is 4.46. The molecule has 5 nitrogen and oxygen atoms in total. The summed E-state index contributed by atoms with van der Waals surface area (Å²) in [5.74, 6) is -0.436. The molecule has 0 spiro atoms. The second-order valence-corrected chi connectivity index (χ2v) is 5.97. The molecule has 0 aliphatic rings. The molecule has 0 aliphatic heterocycles. The fraction of sp³-hybridized carbons (Fsp3) is 0.250. The van der Waals surface area contributed by atoms with Crippen LogP contribution in [0.5, 0.6) is 0 Å². The molecule has 5 heteroatoms. The zero-order valence-corrected chi connectivity index (χ0v) is 14.6. The van der Waals surface area contributed by atoms with Crippen LogP contribution in [0.4, 0.5) is 0 Å². The van der Waals surface area contributed by atoms with Crippen LogP contribution in [-0.2, 0) is 16.0 Å². The van der Waals surface area contributed by atoms with Crippen molar-refractivity contribution in [2.75, 3.05) is 7.11 Å². The Labute approximate surface area is 146 Å². The summed E-state index contributed by atoms with van der Waals surface area (Å²) >= 11 is 0. The number of carbonyl (C=O) groups excluding carboxylic acids is 2. The summed E-state index contributed by atoms with van der Waals surface area (Å²) in [6.45, 7) is 3.71. The molecular weight excluding hydrogens is 316 g/mol. The monoisotopic (exact) mass is 336 g/mol. The van der Waals surface area contributed by atoms with Gasteiger partial charge in [-0.25, -0.2) is 4.68 Å². The lowest BCUT2D eigenvalue weighted by Crippen LogP contribution is -2.16. The first-order valence-electron chi connectivity index (χ1n) is 8.17. The maximum atomic E-state index is 13.0. The first kappa shape index (κ1) is 16.9. The minimum atomic E-state index is -0.271. The van der Waals surface area contributed by atoms with Gasteiger partial charge in [-0.15, -0.1) is 0 Å². The van der Waals surface area contributed by atoms with Crippen LogP contribution in [0.1, 0.15) is 33.7 Å². The van der Waals surface area contributed by atoms with E-state index in [0.717, 1.165) is 27.7 Å². The van der Waals surface area contributed by atoms with Crippen LogP contribution in [0.2, 0.25) is 0 Å². The molecule has 1 aromatic heterocycles. The lowest BCUT2D eigenvalue weighted by atomic mass is 10.0. The molecule has 0 fully saturated rings. The number of ether oxygens (including phenoxy) is 1. The number of esters is 1. The van der Waals surface area contributed by atoms with Gasteiger partial charge < -0.3 is 4.74 Å². The van der Waals surface area contributed by atoms with Gasteiger partial charge in [-0.3, -0.25) is 9.59 Å². The van der Waals surface area contributed by atoms with Crippen molar-refractivity contribution in [2.45, 2.75) is 26.7 Å². The molecule has 0 N–H and O–H groups in total. The predicted molar refractivity (Wildman–Crippen MR) is 95.7 cm³/mol. The highest BCUT2D eigenvalue weighted by Crippen LogP contribution is 2.22. The van der Waals surface area contributed by atoms with Crippen LogP contribution in [0.15, 0.2) is 42.5 Å². The van der Waals surface area contributed by atoms with Crippen LogP contribution in [0.3, 0.4) is 0 Å². The molecule has 128 valence electrons. The van der Waals surface area contributed by atoms with Gasteiger partial charge in [-0.2, -0.15) is 5.10 Å². The van der Waals surface area contributed by atoms with E-state index in [4.69, 9.17) is 4.74 Å². The van der Waals surface area contributed by atoms with Crippen molar-refractivity contribution >= 4 is 22.6 Å². The minimum Gasteiger partial charge on any atom is -0.469 e. The molecule has 0 atom stereocenters. The molecule has 1 heterocycles. The molecule has 0 saturated carbocycles. The molecule has 3 aromatic rings. The van der Waals surface area contributed by atoms with Gasteiger partial charge in [0.2, 0.25) is 0 Å². The molecule has 0 amide bonds. The van der Waals surface area contributed by atoms with E-state index in [0.29, 0.717) is 12.0 Å². The van der Waals surface area contributed by atoms with Crippen molar-refractivity contribution < 1.29 is 14.3 Å². The summed E-state index contributed by atoms with van der Waals surface area (Å²) in [6.07, 6.45) is 0.777. The number of benzene rings is 2. The molecule has 3 rings (SSSR count). The molecule has 25 heavy (non-hydrogen) atoms. The summed E-state index contributed by atoms with van der Waals surface area (Å²) in [7, 11) is 1.37. The predicted octanol–water partition coefficient (Wildman–Crippen LogP) is 3.45. The van der Waals surface area contributed by atoms with Crippen molar-refractivity contribution in [3.05, 3.63) is 65.0 Å². The fourth-order valence-electron chi connectivity index (χ4n) is 3.09. The molecular formula is C20H20N2O3. The lowest BCUT2D eigenvalue weighted by Gasteiger charge is -2.07. The fourth-order valence-corrected chi connectivity index (χ4v) is 3.09. The average molecular weight is 336 g/mol. The molecule has 0 aliphatic carbocycles. The topological polar surface area (TPSA) is 61.2 Å². The first-order chi connectivity index (χ1) is 12.0. The molecule has 0 unspecified atom stereocenters. The summed E-state index contributed by atoms with van der Waals surface area (Å²) in [5, 5.41) is 6.33. The number of fused-ring (bicyclic) bond motifs is 1. The summed E-state index contributed by atoms with van der Waals surface area (Å²) in [4.78, 5) is 24.4. The number of aryl methyl sites for hydroxylation is 1. The van der Waals surface area contributed by atoms with Gasteiger partial charge in [0.25, 0.3) is 5.91 Å². The number of rotatable bonds is 4. The average Bonchev–Trinajstić information content (AvgIpc) is 2.92. The Morgan fingerprint density at radius 2 is 1.80 bits per heavy atom. The van der Waals surface area contributed by atoms with E-state index in [2.05, 4.69) is 5.10 Å². The zero-order chi connectivity index (χ0) is 18.0. The van der Waals surface area contributed by atoms with E-state index in [1.54, 1.807) is 0 Å². The largest absolute Gasteiger partial charge is 0.469 e. The Kier molecular flexibility index (Phi) is 4.65. The molecule has 0 saturated heterocycles. The van der Waals surface area contributed by atoms with E-state index in [9.17, 15) is 9.59 Å². The van der Waals surface area contributed by atoms with E-state index >= 15 is 0 Å². The highest BCUT2D eigenvalue weighted by atomic mass is 16.5. The van der Waals surface area contributed by atoms with Crippen molar-refractivity contribution in [1.82, 2.24) is 9.78 Å². The Bertz CT molecular complexity index is 951. The van der Waals surface area contributed by atoms with Gasteiger partial charge in [0.05, 0.1) is 12.8 Å². The van der Waals surface area contributed by atoms with E-state index in [1.807, 2.05) is 56.3 Å². The Hall–Kier alpha value is -2.95. The van der Waals surface area contributed by atoms with Crippen LogP contribution in [-0.4, -0.2) is 28.8 Å². The van der Waals surface area contributed by atoms with Crippen LogP contribution in [0, 0.1) is 13.8 Å². The number of carbonyl (C=O) groups is 2. The molecule has 0 radical (unpaired) electrons. The minimum absolute atomic E-state index is 0.165. The standard InChI is InChI=1S/C20H20N2O3/c1-13-16(11-12-19(23)25-3)14(2)22(21-13)20(24)18-10-6-8-15-7-4-5-9-17(15)18/h4-10H,11-12H2,1-3H3. The van der Waals surface area contributed by atoms with Gasteiger partial charge in [-0.1, -0.05) is 36.4 Å². The SMILES string of the molecule is COC(=O)CCc1c(C)nn(C(=O)c2cccc3ccccc23)c1C. The third kappa shape index (κ3) is 3.18. The van der Waals surface area contributed by atoms with Gasteiger partial charge in [0.1, 0.15) is 0 Å². The van der Waals surface area contributed by atoms with Crippen LogP contribution in [0.25, 0.3) is 10.8 Å². The van der Waals surface area contributed by atoms with Crippen molar-refractivity contribution in [3.63, 3.8) is 0 Å². The molecule has 2 aromatic carbocycles. The third-order valence-corrected chi connectivity index (χ3v) is 4.46. The maximum Gasteiger partial charge on any atom is 0.305 e. The highest BCUT2D eigenvalue weighted by molar-refractivity contribution is 6.07. The Balaban J connectivity index is 1.99. The smallest absolute Gasteiger partial charge is 0.305 e. The summed E-state index contributed by atoms with van der Waals surface area (Å²) in [5.41, 5.74) is 3.05. The zero-order valence-electron chi connectivity index (χ0n) is 14.6. The van der Waals surface area contributed by atoms with Crippen LogP contribution >= 0.6 is 0 Å². The van der Waals surface area contributed by atoms with Gasteiger partial charge in [-0.05, 0) is 42.7 Å². The van der Waals surface area contributed by atoms with Crippen molar-refractivity contribution in [1.29, 1.82) is 0 Å². The van der Waals surface area contributed by atoms with Crippen molar-refractivity contribution in [3.8, 4) is 0 Å². The number of methoxy groups -OCH3 is 1. The van der Waals surface area contributed by atoms with Crippen molar-refractivity contribution in [2.24, 2.45) is 0 Å². The summed E-state index contributed by atoms with van der Waals surface area (Å²) < 4.78 is 6.12. The Morgan fingerprint density at radius 1 is 1.08 bits per heavy atom. The normalized spacial score (nSPS) is 10.8. The Morgan fingerprint density at radius 3 is 2.56 bits per heavy atom. The quantitative estimate of drug-likeness (QED) is 0.685. The maximum absolute atomic E-state index is 13.0. The second-order valence-electron chi connectivity index (χ2n) is 5.97. The van der Waals surface area contributed by atoms with Gasteiger partial charge in [0, 0.05) is 17.7 Å². The number of hydrogen-bond donors (Lipinski definition) is 0. The van der Waals surface area contributed by atoms with E-state index < -0.39 is 0 Å². The van der Waals surface area contributed by atoms with Gasteiger partial charge >= 0.3 is 5.97 Å². The summed E-state index contributed by atoms with van der Waals surface area (Å²) in [6, 6.07) is 13.5.